The number of fused-ring (bicyclic) bond motifs is 1. The third-order valence-electron chi connectivity index (χ3n) is 10.6. The van der Waals surface area contributed by atoms with Gasteiger partial charge in [-0.15, -0.1) is 0 Å². The molecule has 0 amide bonds. The van der Waals surface area contributed by atoms with Gasteiger partial charge in [-0.2, -0.15) is 5.26 Å². The fourth-order valence-corrected chi connectivity index (χ4v) is 7.74. The lowest BCUT2D eigenvalue weighted by atomic mass is 9.88. The van der Waals surface area contributed by atoms with Gasteiger partial charge in [0.25, 0.3) is 0 Å². The summed E-state index contributed by atoms with van der Waals surface area (Å²) in [6, 6.07) is 71.6. The average Bonchev–Trinajstić information content (AvgIpc) is 3.34. The van der Waals surface area contributed by atoms with Crippen LogP contribution in [-0.4, -0.2) is 24.9 Å². The second kappa shape index (κ2) is 15.9. The van der Waals surface area contributed by atoms with Crippen molar-refractivity contribution in [2.24, 2.45) is 0 Å². The highest BCUT2D eigenvalue weighted by atomic mass is 15.0. The zero-order chi connectivity index (χ0) is 40.3. The fourth-order valence-electron chi connectivity index (χ4n) is 7.74. The van der Waals surface area contributed by atoms with E-state index in [2.05, 4.69) is 91.0 Å². The first kappa shape index (κ1) is 36.0. The molecule has 0 saturated carbocycles. The molecule has 0 spiro atoms. The van der Waals surface area contributed by atoms with E-state index in [4.69, 9.17) is 24.9 Å². The Morgan fingerprint density at radius 1 is 0.300 bits per heavy atom. The van der Waals surface area contributed by atoms with Crippen LogP contribution < -0.4 is 0 Å². The molecule has 0 atom stereocenters. The first-order valence-electron chi connectivity index (χ1n) is 19.7. The van der Waals surface area contributed by atoms with E-state index in [0.29, 0.717) is 28.9 Å². The molecule has 10 aromatic rings. The largest absolute Gasteiger partial charge is 0.228 e. The summed E-state index contributed by atoms with van der Waals surface area (Å²) in [5.41, 5.74) is 13.0. The molecule has 2 heterocycles. The van der Waals surface area contributed by atoms with Crippen LogP contribution in [0.5, 0.6) is 0 Å². The second-order valence-electron chi connectivity index (χ2n) is 14.4. The lowest BCUT2D eigenvalue weighted by molar-refractivity contribution is 1.07. The van der Waals surface area contributed by atoms with Gasteiger partial charge >= 0.3 is 0 Å². The third-order valence-corrected chi connectivity index (χ3v) is 10.6. The van der Waals surface area contributed by atoms with Gasteiger partial charge < -0.3 is 0 Å². The number of hydrogen-bond donors (Lipinski definition) is 0. The van der Waals surface area contributed by atoms with E-state index in [-0.39, 0.29) is 0 Å². The highest BCUT2D eigenvalue weighted by molar-refractivity contribution is 6.01. The van der Waals surface area contributed by atoms with Gasteiger partial charge in [-0.3, -0.25) is 0 Å². The van der Waals surface area contributed by atoms with Gasteiger partial charge in [0.15, 0.2) is 23.3 Å². The highest BCUT2D eigenvalue weighted by Gasteiger charge is 2.21. The summed E-state index contributed by atoms with van der Waals surface area (Å²) in [6.45, 7) is 0. The quantitative estimate of drug-likeness (QED) is 0.153. The van der Waals surface area contributed by atoms with Crippen molar-refractivity contribution >= 4 is 10.9 Å². The van der Waals surface area contributed by atoms with Crippen molar-refractivity contribution in [2.75, 3.05) is 0 Å². The molecular weight excluding hydrogens is 733 g/mol. The molecule has 280 valence electrons. The van der Waals surface area contributed by atoms with Crippen molar-refractivity contribution in [1.29, 1.82) is 5.26 Å². The highest BCUT2D eigenvalue weighted by Crippen LogP contribution is 2.42. The molecule has 8 aromatic carbocycles. The van der Waals surface area contributed by atoms with Gasteiger partial charge in [0.1, 0.15) is 0 Å². The maximum absolute atomic E-state index is 9.58. The molecule has 0 aliphatic carbocycles. The molecule has 60 heavy (non-hydrogen) atoms. The summed E-state index contributed by atoms with van der Waals surface area (Å²) in [7, 11) is 0. The van der Waals surface area contributed by atoms with Crippen molar-refractivity contribution in [1.82, 2.24) is 24.9 Å². The molecule has 10 rings (SSSR count). The number of benzene rings is 8. The molecule has 0 radical (unpaired) electrons. The van der Waals surface area contributed by atoms with E-state index >= 15 is 0 Å². The molecule has 0 bridgehead atoms. The van der Waals surface area contributed by atoms with Gasteiger partial charge in [0, 0.05) is 33.2 Å². The summed E-state index contributed by atoms with van der Waals surface area (Å²) in [5.74, 6) is 2.36. The van der Waals surface area contributed by atoms with Crippen LogP contribution in [-0.2, 0) is 0 Å². The predicted octanol–water partition coefficient (Wildman–Crippen LogP) is 13.0. The first-order valence-corrected chi connectivity index (χ1v) is 19.7. The number of hydrogen-bond acceptors (Lipinski definition) is 6. The molecule has 0 aliphatic heterocycles. The molecular formula is C54H34N6. The minimum Gasteiger partial charge on any atom is -0.228 e. The minimum absolute atomic E-state index is 0.551. The third kappa shape index (κ3) is 6.97. The minimum atomic E-state index is 0.551. The maximum Gasteiger partial charge on any atom is 0.164 e. The van der Waals surface area contributed by atoms with E-state index in [1.54, 1.807) is 0 Å². The van der Waals surface area contributed by atoms with Crippen molar-refractivity contribution < 1.29 is 0 Å². The Labute approximate surface area is 347 Å². The fraction of sp³-hybridized carbons (Fsp3) is 0. The number of aromatic nitrogens is 5. The molecule has 2 aromatic heterocycles. The summed E-state index contributed by atoms with van der Waals surface area (Å²) in [4.78, 5) is 25.6. The smallest absolute Gasteiger partial charge is 0.164 e. The van der Waals surface area contributed by atoms with Crippen LogP contribution in [0.3, 0.4) is 0 Å². The Bertz CT molecular complexity index is 3230. The Morgan fingerprint density at radius 3 is 1.38 bits per heavy atom. The van der Waals surface area contributed by atoms with Gasteiger partial charge in [0.2, 0.25) is 0 Å². The SMILES string of the molecule is N#Cc1cccc(-c2cccc(-c3nc(-c4ccccc4)nc(-c4ccccc4-c4ccccc4-c4ccccc4-c4nc(-c5ccccc5)nc5ccccc45)n3)c2)c1. The van der Waals surface area contributed by atoms with Crippen LogP contribution in [0.1, 0.15) is 5.56 Å². The van der Waals surface area contributed by atoms with Crippen LogP contribution in [0.25, 0.3) is 101 Å². The van der Waals surface area contributed by atoms with E-state index in [0.717, 1.165) is 77.8 Å². The van der Waals surface area contributed by atoms with Crippen LogP contribution in [0.4, 0.5) is 0 Å². The van der Waals surface area contributed by atoms with Crippen molar-refractivity contribution in [3.63, 3.8) is 0 Å². The Morgan fingerprint density at radius 2 is 0.733 bits per heavy atom. The number of nitrogens with zero attached hydrogens (tertiary/aromatic N) is 6. The molecule has 0 N–H and O–H groups in total. The lowest BCUT2D eigenvalue weighted by Crippen LogP contribution is -2.01. The summed E-state index contributed by atoms with van der Waals surface area (Å²) in [5, 5.41) is 10.6. The van der Waals surface area contributed by atoms with E-state index < -0.39 is 0 Å². The topological polar surface area (TPSA) is 88.2 Å². The van der Waals surface area contributed by atoms with Crippen molar-refractivity contribution in [3.05, 3.63) is 212 Å². The average molecular weight is 767 g/mol. The van der Waals surface area contributed by atoms with Gasteiger partial charge in [0.05, 0.1) is 22.8 Å². The van der Waals surface area contributed by atoms with E-state index in [9.17, 15) is 5.26 Å². The summed E-state index contributed by atoms with van der Waals surface area (Å²) < 4.78 is 0. The Kier molecular flexibility index (Phi) is 9.51. The Balaban J connectivity index is 1.14. The maximum atomic E-state index is 9.58. The van der Waals surface area contributed by atoms with Crippen LogP contribution in [0.2, 0.25) is 0 Å². The van der Waals surface area contributed by atoms with Crippen LogP contribution >= 0.6 is 0 Å². The normalized spacial score (nSPS) is 11.0. The zero-order valence-corrected chi connectivity index (χ0v) is 32.3. The van der Waals surface area contributed by atoms with Crippen molar-refractivity contribution in [3.8, 4) is 96.3 Å². The summed E-state index contributed by atoms with van der Waals surface area (Å²) >= 11 is 0. The monoisotopic (exact) mass is 766 g/mol. The first-order chi connectivity index (χ1) is 29.7. The lowest BCUT2D eigenvalue weighted by Gasteiger charge is -2.18. The van der Waals surface area contributed by atoms with Gasteiger partial charge in [-0.05, 0) is 57.6 Å². The standard InChI is InChI=1S/C54H34N6/c55-35-36-17-15-22-39(33-36)40-23-16-24-41(34-40)53-58-52(38-20-5-2-6-21-38)59-54(60-53)47-30-12-10-28-45(47)43-26-8-7-25-42(43)44-27-9-11-29-46(44)50-48-31-13-14-32-49(48)56-51(57-50)37-18-3-1-4-19-37/h1-34H. The van der Waals surface area contributed by atoms with E-state index in [1.165, 1.54) is 0 Å². The zero-order valence-electron chi connectivity index (χ0n) is 32.3. The molecule has 0 unspecified atom stereocenters. The van der Waals surface area contributed by atoms with Crippen molar-refractivity contribution in [2.45, 2.75) is 0 Å². The van der Waals surface area contributed by atoms with Crippen LogP contribution in [0.15, 0.2) is 206 Å². The Hall–Kier alpha value is -8.40. The van der Waals surface area contributed by atoms with Gasteiger partial charge in [-0.25, -0.2) is 24.9 Å². The number of rotatable bonds is 8. The summed E-state index contributed by atoms with van der Waals surface area (Å²) in [6.07, 6.45) is 0. The molecule has 6 nitrogen and oxygen atoms in total. The second-order valence-corrected chi connectivity index (χ2v) is 14.4. The van der Waals surface area contributed by atoms with Gasteiger partial charge in [-0.1, -0.05) is 182 Å². The predicted molar refractivity (Wildman–Crippen MR) is 241 cm³/mol. The molecule has 0 aliphatic rings. The molecule has 0 fully saturated rings. The molecule has 0 saturated heterocycles. The van der Waals surface area contributed by atoms with E-state index in [1.807, 2.05) is 121 Å². The molecule has 6 heteroatoms. The number of para-hydroxylation sites is 1. The van der Waals surface area contributed by atoms with Crippen LogP contribution in [0, 0.1) is 11.3 Å². The number of nitriles is 1.